The monoisotopic (exact) mass is 242 g/mol. The molecule has 3 nitrogen and oxygen atoms in total. The van der Waals surface area contributed by atoms with E-state index in [1.54, 1.807) is 12.1 Å². The third kappa shape index (κ3) is 3.35. The fourth-order valence-electron chi connectivity index (χ4n) is 1.67. The van der Waals surface area contributed by atoms with Crippen molar-refractivity contribution in [1.29, 1.82) is 0 Å². The fourth-order valence-corrected chi connectivity index (χ4v) is 1.67. The van der Waals surface area contributed by atoms with Crippen LogP contribution in [0.2, 0.25) is 0 Å². The first-order valence-electron chi connectivity index (χ1n) is 5.74. The molecule has 2 aromatic rings. The second kappa shape index (κ2) is 5.87. The molecule has 0 saturated heterocycles. The van der Waals surface area contributed by atoms with E-state index in [-0.39, 0.29) is 0 Å². The van der Waals surface area contributed by atoms with Crippen molar-refractivity contribution >= 4 is 5.97 Å². The second-order valence-corrected chi connectivity index (χ2v) is 3.95. The standard InChI is InChI=1S/C15H14O3/c16-15(17)14(11-12-7-3-1-4-8-12)18-13-9-5-2-6-10-13/h1-10,14H,11H2,(H,16,17)/t14-/m1/s1. The van der Waals surface area contributed by atoms with Crippen molar-refractivity contribution in [3.05, 3.63) is 66.2 Å². The van der Waals surface area contributed by atoms with Gasteiger partial charge >= 0.3 is 5.97 Å². The quantitative estimate of drug-likeness (QED) is 0.877. The number of ether oxygens (including phenoxy) is 1. The summed E-state index contributed by atoms with van der Waals surface area (Å²) in [6.07, 6.45) is -0.514. The Balaban J connectivity index is 2.08. The molecule has 0 unspecified atom stereocenters. The summed E-state index contributed by atoms with van der Waals surface area (Å²) in [5.74, 6) is -0.386. The van der Waals surface area contributed by atoms with Crippen molar-refractivity contribution in [2.45, 2.75) is 12.5 Å². The zero-order valence-electron chi connectivity index (χ0n) is 9.82. The number of para-hydroxylation sites is 1. The number of hydrogen-bond donors (Lipinski definition) is 1. The molecule has 0 heterocycles. The van der Waals surface area contributed by atoms with Crippen LogP contribution in [-0.4, -0.2) is 17.2 Å². The molecule has 0 aliphatic rings. The first-order valence-corrected chi connectivity index (χ1v) is 5.74. The minimum absolute atomic E-state index is 0.352. The van der Waals surface area contributed by atoms with Crippen LogP contribution in [0.4, 0.5) is 0 Å². The Kier molecular flexibility index (Phi) is 3.97. The summed E-state index contributed by atoms with van der Waals surface area (Å²) in [6, 6.07) is 18.5. The normalized spacial score (nSPS) is 11.8. The van der Waals surface area contributed by atoms with Gasteiger partial charge in [0.05, 0.1) is 0 Å². The molecule has 0 saturated carbocycles. The molecule has 0 radical (unpaired) electrons. The summed E-state index contributed by atoms with van der Waals surface area (Å²) in [4.78, 5) is 11.2. The summed E-state index contributed by atoms with van der Waals surface area (Å²) >= 11 is 0. The van der Waals surface area contributed by atoms with Gasteiger partial charge in [-0.25, -0.2) is 4.79 Å². The number of aliphatic carboxylic acids is 1. The molecule has 92 valence electrons. The Morgan fingerprint density at radius 1 is 1.00 bits per heavy atom. The summed E-state index contributed by atoms with van der Waals surface area (Å²) < 4.78 is 5.48. The Morgan fingerprint density at radius 3 is 2.11 bits per heavy atom. The zero-order valence-corrected chi connectivity index (χ0v) is 9.82. The van der Waals surface area contributed by atoms with Gasteiger partial charge in [0.1, 0.15) is 5.75 Å². The minimum Gasteiger partial charge on any atom is -0.478 e. The Bertz CT molecular complexity index is 452. The van der Waals surface area contributed by atoms with E-state index in [9.17, 15) is 9.90 Å². The second-order valence-electron chi connectivity index (χ2n) is 3.95. The lowest BCUT2D eigenvalue weighted by Crippen LogP contribution is -2.29. The molecule has 2 aromatic carbocycles. The predicted molar refractivity (Wildman–Crippen MR) is 68.6 cm³/mol. The van der Waals surface area contributed by atoms with Gasteiger partial charge < -0.3 is 9.84 Å². The van der Waals surface area contributed by atoms with E-state index in [0.717, 1.165) is 5.56 Å². The molecule has 0 amide bonds. The van der Waals surface area contributed by atoms with Gasteiger partial charge in [-0.3, -0.25) is 0 Å². The molecule has 18 heavy (non-hydrogen) atoms. The van der Waals surface area contributed by atoms with Gasteiger partial charge in [-0.05, 0) is 17.7 Å². The number of carbonyl (C=O) groups is 1. The SMILES string of the molecule is O=C(O)[C@@H](Cc1ccccc1)Oc1ccccc1. The van der Waals surface area contributed by atoms with Crippen LogP contribution in [0.1, 0.15) is 5.56 Å². The molecule has 2 rings (SSSR count). The lowest BCUT2D eigenvalue weighted by molar-refractivity contribution is -0.145. The maximum absolute atomic E-state index is 11.2. The first-order chi connectivity index (χ1) is 8.75. The van der Waals surface area contributed by atoms with Gasteiger partial charge in [0.15, 0.2) is 6.10 Å². The highest BCUT2D eigenvalue weighted by atomic mass is 16.5. The predicted octanol–water partition coefficient (Wildman–Crippen LogP) is 2.76. The van der Waals surface area contributed by atoms with E-state index >= 15 is 0 Å². The van der Waals surface area contributed by atoms with Crippen LogP contribution >= 0.6 is 0 Å². The topological polar surface area (TPSA) is 46.5 Å². The zero-order chi connectivity index (χ0) is 12.8. The lowest BCUT2D eigenvalue weighted by atomic mass is 10.1. The van der Waals surface area contributed by atoms with E-state index in [1.165, 1.54) is 0 Å². The molecule has 0 spiro atoms. The molecule has 1 N–H and O–H groups in total. The highest BCUT2D eigenvalue weighted by molar-refractivity contribution is 5.73. The fraction of sp³-hybridized carbons (Fsp3) is 0.133. The van der Waals surface area contributed by atoms with E-state index in [0.29, 0.717) is 12.2 Å². The highest BCUT2D eigenvalue weighted by Crippen LogP contribution is 2.14. The third-order valence-electron chi connectivity index (χ3n) is 2.56. The van der Waals surface area contributed by atoms with Gasteiger partial charge in [-0.15, -0.1) is 0 Å². The van der Waals surface area contributed by atoms with Crippen molar-refractivity contribution < 1.29 is 14.6 Å². The molecule has 0 aromatic heterocycles. The summed E-state index contributed by atoms with van der Waals surface area (Å²) in [7, 11) is 0. The van der Waals surface area contributed by atoms with Gasteiger partial charge in [0, 0.05) is 6.42 Å². The molecule has 0 bridgehead atoms. The Morgan fingerprint density at radius 2 is 1.56 bits per heavy atom. The number of carboxylic acids is 1. The number of hydrogen-bond acceptors (Lipinski definition) is 2. The van der Waals surface area contributed by atoms with Crippen molar-refractivity contribution in [3.8, 4) is 5.75 Å². The van der Waals surface area contributed by atoms with Gasteiger partial charge in [0.2, 0.25) is 0 Å². The molecular weight excluding hydrogens is 228 g/mol. The van der Waals surface area contributed by atoms with Crippen LogP contribution < -0.4 is 4.74 Å². The van der Waals surface area contributed by atoms with E-state index in [1.807, 2.05) is 48.5 Å². The van der Waals surface area contributed by atoms with Crippen molar-refractivity contribution in [2.24, 2.45) is 0 Å². The molecule has 0 fully saturated rings. The largest absolute Gasteiger partial charge is 0.478 e. The molecule has 0 aliphatic heterocycles. The van der Waals surface area contributed by atoms with Crippen molar-refractivity contribution in [3.63, 3.8) is 0 Å². The van der Waals surface area contributed by atoms with Crippen LogP contribution in [0, 0.1) is 0 Å². The van der Waals surface area contributed by atoms with Crippen LogP contribution in [0.5, 0.6) is 5.75 Å². The summed E-state index contributed by atoms with van der Waals surface area (Å²) in [5.41, 5.74) is 0.945. The highest BCUT2D eigenvalue weighted by Gasteiger charge is 2.19. The number of benzene rings is 2. The van der Waals surface area contributed by atoms with E-state index < -0.39 is 12.1 Å². The summed E-state index contributed by atoms with van der Waals surface area (Å²) in [5, 5.41) is 9.17. The smallest absolute Gasteiger partial charge is 0.345 e. The van der Waals surface area contributed by atoms with E-state index in [4.69, 9.17) is 4.74 Å². The minimum atomic E-state index is -0.956. The third-order valence-corrected chi connectivity index (χ3v) is 2.56. The molecule has 3 heteroatoms. The number of rotatable bonds is 5. The van der Waals surface area contributed by atoms with Crippen LogP contribution in [0.25, 0.3) is 0 Å². The molecular formula is C15H14O3. The average molecular weight is 242 g/mol. The molecule has 0 aliphatic carbocycles. The lowest BCUT2D eigenvalue weighted by Gasteiger charge is -2.15. The average Bonchev–Trinajstić information content (AvgIpc) is 2.40. The van der Waals surface area contributed by atoms with Crippen molar-refractivity contribution in [2.75, 3.05) is 0 Å². The van der Waals surface area contributed by atoms with Crippen LogP contribution in [0.3, 0.4) is 0 Å². The van der Waals surface area contributed by atoms with Gasteiger partial charge in [-0.2, -0.15) is 0 Å². The van der Waals surface area contributed by atoms with Crippen LogP contribution in [-0.2, 0) is 11.2 Å². The molecule has 1 atom stereocenters. The van der Waals surface area contributed by atoms with E-state index in [2.05, 4.69) is 0 Å². The van der Waals surface area contributed by atoms with Crippen LogP contribution in [0.15, 0.2) is 60.7 Å². The Hall–Kier alpha value is -2.29. The number of carboxylic acid groups (broad SMARTS) is 1. The maximum atomic E-state index is 11.2. The summed E-state index contributed by atoms with van der Waals surface area (Å²) in [6.45, 7) is 0. The van der Waals surface area contributed by atoms with Gasteiger partial charge in [-0.1, -0.05) is 48.5 Å². The Labute approximate surface area is 106 Å². The van der Waals surface area contributed by atoms with Crippen molar-refractivity contribution in [1.82, 2.24) is 0 Å². The maximum Gasteiger partial charge on any atom is 0.345 e. The van der Waals surface area contributed by atoms with Gasteiger partial charge in [0.25, 0.3) is 0 Å². The first kappa shape index (κ1) is 12.2.